The Morgan fingerprint density at radius 2 is 0.694 bits per heavy atom. The second-order valence-corrected chi connectivity index (χ2v) is 18.9. The third kappa shape index (κ3) is 7.12. The van der Waals surface area contributed by atoms with Crippen LogP contribution in [-0.2, 0) is 0 Å². The standard InChI is InChI=1S/C70H46N2/c1-2-18-58(19-3-1)72-68-25-9-8-23-67(68)70-66(24-12-26-69(70)72)55-17-10-15-51(43-55)52-16-11-20-61(46-52)71(59-37-31-47(32-38-59)53-35-41-64-56(44-53)29-27-49-13-4-6-21-62(49)64)60-39-33-48(34-40-60)54-36-42-65-57(45-54)30-28-50-14-5-7-22-63(50)65/h1-46H. The zero-order chi connectivity index (χ0) is 47.5. The molecular weight excluding hydrogens is 869 g/mol. The molecule has 0 aliphatic carbocycles. The highest BCUT2D eigenvalue weighted by atomic mass is 15.1. The van der Waals surface area contributed by atoms with Crippen LogP contribution < -0.4 is 4.90 Å². The van der Waals surface area contributed by atoms with Crippen molar-refractivity contribution in [3.63, 3.8) is 0 Å². The average Bonchev–Trinajstić information content (AvgIpc) is 3.80. The van der Waals surface area contributed by atoms with E-state index in [0.29, 0.717) is 0 Å². The van der Waals surface area contributed by atoms with Crippen LogP contribution in [0, 0.1) is 0 Å². The molecular formula is C70H46N2. The van der Waals surface area contributed by atoms with E-state index in [1.165, 1.54) is 98.3 Å². The van der Waals surface area contributed by atoms with Crippen LogP contribution in [0.5, 0.6) is 0 Å². The normalized spacial score (nSPS) is 11.6. The molecule has 2 nitrogen and oxygen atoms in total. The van der Waals surface area contributed by atoms with E-state index in [2.05, 4.69) is 289 Å². The molecule has 14 rings (SSSR count). The van der Waals surface area contributed by atoms with Gasteiger partial charge >= 0.3 is 0 Å². The number of fused-ring (bicyclic) bond motifs is 9. The van der Waals surface area contributed by atoms with E-state index in [9.17, 15) is 0 Å². The number of aromatic nitrogens is 1. The van der Waals surface area contributed by atoms with Gasteiger partial charge in [0.05, 0.1) is 11.0 Å². The Bertz CT molecular complexity index is 4210. The van der Waals surface area contributed by atoms with Crippen LogP contribution in [0.15, 0.2) is 279 Å². The molecule has 0 radical (unpaired) electrons. The van der Waals surface area contributed by atoms with Gasteiger partial charge in [0.2, 0.25) is 0 Å². The summed E-state index contributed by atoms with van der Waals surface area (Å²) in [5.74, 6) is 0. The quantitative estimate of drug-likeness (QED) is 0.138. The number of benzene rings is 13. The minimum atomic E-state index is 1.08. The molecule has 336 valence electrons. The van der Waals surface area contributed by atoms with Crippen LogP contribution in [0.4, 0.5) is 17.1 Å². The summed E-state index contributed by atoms with van der Waals surface area (Å²) in [5, 5.41) is 12.6. The summed E-state index contributed by atoms with van der Waals surface area (Å²) < 4.78 is 2.39. The maximum atomic E-state index is 2.39. The fraction of sp³-hybridized carbons (Fsp3) is 0. The molecule has 0 bridgehead atoms. The highest BCUT2D eigenvalue weighted by Crippen LogP contribution is 2.42. The van der Waals surface area contributed by atoms with Gasteiger partial charge in [0.1, 0.15) is 0 Å². The molecule has 0 N–H and O–H groups in total. The van der Waals surface area contributed by atoms with Gasteiger partial charge in [-0.05, 0) is 166 Å². The molecule has 0 saturated carbocycles. The average molecular weight is 915 g/mol. The van der Waals surface area contributed by atoms with Crippen LogP contribution in [-0.4, -0.2) is 4.57 Å². The van der Waals surface area contributed by atoms with Gasteiger partial charge in [-0.25, -0.2) is 0 Å². The lowest BCUT2D eigenvalue weighted by molar-refractivity contribution is 1.18. The smallest absolute Gasteiger partial charge is 0.0547 e. The molecule has 0 aliphatic rings. The molecule has 1 heterocycles. The van der Waals surface area contributed by atoms with Gasteiger partial charge in [-0.15, -0.1) is 0 Å². The number of rotatable bonds is 8. The molecule has 0 amide bonds. The Kier molecular flexibility index (Phi) is 9.89. The molecule has 0 unspecified atom stereocenters. The molecule has 2 heteroatoms. The van der Waals surface area contributed by atoms with E-state index >= 15 is 0 Å². The molecule has 0 fully saturated rings. The van der Waals surface area contributed by atoms with Crippen molar-refractivity contribution in [3.8, 4) is 50.2 Å². The van der Waals surface area contributed by atoms with Gasteiger partial charge in [-0.3, -0.25) is 0 Å². The predicted molar refractivity (Wildman–Crippen MR) is 307 cm³/mol. The predicted octanol–water partition coefficient (Wildman–Crippen LogP) is 19.5. The van der Waals surface area contributed by atoms with Gasteiger partial charge in [0.25, 0.3) is 0 Å². The maximum Gasteiger partial charge on any atom is 0.0547 e. The number of hydrogen-bond donors (Lipinski definition) is 0. The molecule has 72 heavy (non-hydrogen) atoms. The summed E-state index contributed by atoms with van der Waals surface area (Å²) >= 11 is 0. The third-order valence-corrected chi connectivity index (χ3v) is 14.7. The summed E-state index contributed by atoms with van der Waals surface area (Å²) in [4.78, 5) is 2.39. The van der Waals surface area contributed by atoms with Crippen molar-refractivity contribution in [2.24, 2.45) is 0 Å². The first-order valence-electron chi connectivity index (χ1n) is 24.8. The molecule has 1 aromatic heterocycles. The van der Waals surface area contributed by atoms with E-state index in [-0.39, 0.29) is 0 Å². The maximum absolute atomic E-state index is 2.39. The van der Waals surface area contributed by atoms with Crippen molar-refractivity contribution >= 4 is 82.0 Å². The van der Waals surface area contributed by atoms with Gasteiger partial charge in [0.15, 0.2) is 0 Å². The Balaban J connectivity index is 0.854. The molecule has 0 atom stereocenters. The van der Waals surface area contributed by atoms with Crippen LogP contribution in [0.2, 0.25) is 0 Å². The molecule has 0 aliphatic heterocycles. The number of anilines is 3. The summed E-state index contributed by atoms with van der Waals surface area (Å²) in [5.41, 5.74) is 16.3. The Labute approximate surface area is 418 Å². The van der Waals surface area contributed by atoms with Crippen molar-refractivity contribution in [3.05, 3.63) is 279 Å². The molecule has 0 spiro atoms. The minimum absolute atomic E-state index is 1.08. The Hall–Kier alpha value is -9.50. The first-order chi connectivity index (χ1) is 35.7. The van der Waals surface area contributed by atoms with E-state index in [1.54, 1.807) is 0 Å². The van der Waals surface area contributed by atoms with Gasteiger partial charge in [-0.1, -0.05) is 200 Å². The number of hydrogen-bond acceptors (Lipinski definition) is 1. The highest BCUT2D eigenvalue weighted by molar-refractivity contribution is 6.16. The van der Waals surface area contributed by atoms with Crippen molar-refractivity contribution in [1.29, 1.82) is 0 Å². The highest BCUT2D eigenvalue weighted by Gasteiger charge is 2.18. The van der Waals surface area contributed by atoms with E-state index in [4.69, 9.17) is 0 Å². The Morgan fingerprint density at radius 3 is 1.33 bits per heavy atom. The SMILES string of the molecule is c1ccc(-n2c3ccccc3c3c(-c4cccc(-c5cccc(N(c6ccc(-c7ccc8c(ccc9ccccc98)c7)cc6)c6ccc(-c7ccc8c(ccc9ccccc98)c7)cc6)c5)c4)cccc32)cc1. The molecule has 0 saturated heterocycles. The fourth-order valence-corrected chi connectivity index (χ4v) is 11.2. The summed E-state index contributed by atoms with van der Waals surface area (Å²) in [6, 6.07) is 102. The van der Waals surface area contributed by atoms with E-state index in [0.717, 1.165) is 33.9 Å². The second-order valence-electron chi connectivity index (χ2n) is 18.9. The van der Waals surface area contributed by atoms with Crippen molar-refractivity contribution < 1.29 is 0 Å². The van der Waals surface area contributed by atoms with Gasteiger partial charge < -0.3 is 9.47 Å². The van der Waals surface area contributed by atoms with Gasteiger partial charge in [0, 0.05) is 33.5 Å². The number of para-hydroxylation sites is 2. The lowest BCUT2D eigenvalue weighted by Crippen LogP contribution is -2.10. The first kappa shape index (κ1) is 41.5. The van der Waals surface area contributed by atoms with Crippen LogP contribution in [0.25, 0.3) is 115 Å². The van der Waals surface area contributed by atoms with Crippen molar-refractivity contribution in [2.45, 2.75) is 0 Å². The van der Waals surface area contributed by atoms with Crippen LogP contribution in [0.1, 0.15) is 0 Å². The number of nitrogens with zero attached hydrogens (tertiary/aromatic N) is 2. The lowest BCUT2D eigenvalue weighted by Gasteiger charge is -2.26. The zero-order valence-corrected chi connectivity index (χ0v) is 39.5. The topological polar surface area (TPSA) is 8.17 Å². The zero-order valence-electron chi connectivity index (χ0n) is 39.5. The Morgan fingerprint density at radius 1 is 0.236 bits per heavy atom. The van der Waals surface area contributed by atoms with E-state index in [1.807, 2.05) is 0 Å². The summed E-state index contributed by atoms with van der Waals surface area (Å²) in [7, 11) is 0. The van der Waals surface area contributed by atoms with Crippen molar-refractivity contribution in [1.82, 2.24) is 4.57 Å². The molecule has 14 aromatic rings. The van der Waals surface area contributed by atoms with Crippen LogP contribution in [0.3, 0.4) is 0 Å². The second kappa shape index (κ2) is 17.2. The van der Waals surface area contributed by atoms with E-state index < -0.39 is 0 Å². The lowest BCUT2D eigenvalue weighted by atomic mass is 9.95. The minimum Gasteiger partial charge on any atom is -0.310 e. The first-order valence-corrected chi connectivity index (χ1v) is 24.8. The monoisotopic (exact) mass is 914 g/mol. The van der Waals surface area contributed by atoms with Crippen molar-refractivity contribution in [2.75, 3.05) is 4.90 Å². The summed E-state index contributed by atoms with van der Waals surface area (Å²) in [6.45, 7) is 0. The molecule has 13 aromatic carbocycles. The summed E-state index contributed by atoms with van der Waals surface area (Å²) in [6.07, 6.45) is 0. The fourth-order valence-electron chi connectivity index (χ4n) is 11.2. The van der Waals surface area contributed by atoms with Crippen LogP contribution >= 0.6 is 0 Å². The van der Waals surface area contributed by atoms with Gasteiger partial charge in [-0.2, -0.15) is 0 Å². The third-order valence-electron chi connectivity index (χ3n) is 14.7. The largest absolute Gasteiger partial charge is 0.310 e.